The van der Waals surface area contributed by atoms with E-state index in [1.807, 2.05) is 55.8 Å². The number of ether oxygens (including phenoxy) is 2. The zero-order chi connectivity index (χ0) is 21.3. The molecule has 7 heteroatoms. The van der Waals surface area contributed by atoms with Crippen LogP contribution in [0.2, 0.25) is 0 Å². The summed E-state index contributed by atoms with van der Waals surface area (Å²) in [6.07, 6.45) is 0. The minimum absolute atomic E-state index is 0.180. The quantitative estimate of drug-likeness (QED) is 0.504. The third kappa shape index (κ3) is 3.96. The second-order valence-corrected chi connectivity index (χ2v) is 7.04. The number of aromatic nitrogens is 3. The molecule has 0 aliphatic heterocycles. The molecular weight excluding hydrogens is 382 g/mol. The molecule has 0 radical (unpaired) electrons. The molecule has 7 nitrogen and oxygen atoms in total. The SMILES string of the molecule is Cc1ccc(C)c(Oc2ccc3nc(COc4cccc(C(=O)O)c4)n(C)c3c2)n1. The Kier molecular flexibility index (Phi) is 5.10. The molecule has 0 saturated carbocycles. The molecule has 2 aromatic heterocycles. The number of fused-ring (bicyclic) bond motifs is 1. The van der Waals surface area contributed by atoms with E-state index in [1.165, 1.54) is 12.1 Å². The maximum absolute atomic E-state index is 11.1. The number of imidazole rings is 1. The van der Waals surface area contributed by atoms with Crippen molar-refractivity contribution in [2.45, 2.75) is 20.5 Å². The van der Waals surface area contributed by atoms with Gasteiger partial charge in [0.15, 0.2) is 0 Å². The first-order valence-electron chi connectivity index (χ1n) is 9.44. The molecule has 0 aliphatic rings. The van der Waals surface area contributed by atoms with Gasteiger partial charge in [0.05, 0.1) is 16.6 Å². The summed E-state index contributed by atoms with van der Waals surface area (Å²) in [4.78, 5) is 20.2. The molecule has 0 bridgehead atoms. The van der Waals surface area contributed by atoms with Crippen LogP contribution in [0.1, 0.15) is 27.4 Å². The average molecular weight is 403 g/mol. The molecule has 4 aromatic rings. The first-order chi connectivity index (χ1) is 14.4. The second kappa shape index (κ2) is 7.87. The Hall–Kier alpha value is -3.87. The molecule has 0 spiro atoms. The van der Waals surface area contributed by atoms with Gasteiger partial charge in [-0.25, -0.2) is 14.8 Å². The highest BCUT2D eigenvalue weighted by Gasteiger charge is 2.12. The van der Waals surface area contributed by atoms with Gasteiger partial charge in [-0.15, -0.1) is 0 Å². The minimum Gasteiger partial charge on any atom is -0.486 e. The maximum Gasteiger partial charge on any atom is 0.335 e. The summed E-state index contributed by atoms with van der Waals surface area (Å²) >= 11 is 0. The first-order valence-corrected chi connectivity index (χ1v) is 9.44. The van der Waals surface area contributed by atoms with Gasteiger partial charge in [0.2, 0.25) is 5.88 Å². The summed E-state index contributed by atoms with van der Waals surface area (Å²) in [5, 5.41) is 9.11. The lowest BCUT2D eigenvalue weighted by Gasteiger charge is -2.09. The predicted octanol–water partition coefficient (Wildman–Crippen LogP) is 4.65. The number of rotatable bonds is 6. The number of carboxylic acid groups (broad SMARTS) is 1. The molecule has 2 aromatic carbocycles. The van der Waals surface area contributed by atoms with Gasteiger partial charge in [0.25, 0.3) is 0 Å². The highest BCUT2D eigenvalue weighted by atomic mass is 16.5. The predicted molar refractivity (Wildman–Crippen MR) is 112 cm³/mol. The fourth-order valence-corrected chi connectivity index (χ4v) is 3.10. The topological polar surface area (TPSA) is 86.5 Å². The van der Waals surface area contributed by atoms with E-state index in [4.69, 9.17) is 14.6 Å². The van der Waals surface area contributed by atoms with Crippen LogP contribution in [-0.2, 0) is 13.7 Å². The lowest BCUT2D eigenvalue weighted by Crippen LogP contribution is -2.04. The van der Waals surface area contributed by atoms with E-state index >= 15 is 0 Å². The van der Waals surface area contributed by atoms with E-state index < -0.39 is 5.97 Å². The fourth-order valence-electron chi connectivity index (χ4n) is 3.10. The monoisotopic (exact) mass is 403 g/mol. The van der Waals surface area contributed by atoms with Gasteiger partial charge in [-0.05, 0) is 50.2 Å². The van der Waals surface area contributed by atoms with Gasteiger partial charge in [0.1, 0.15) is 23.9 Å². The highest BCUT2D eigenvalue weighted by molar-refractivity contribution is 5.88. The second-order valence-electron chi connectivity index (χ2n) is 7.04. The Labute approximate surface area is 173 Å². The standard InChI is InChI=1S/C23H21N3O4/c1-14-7-8-15(2)24-22(14)30-18-9-10-19-20(12-18)26(3)21(25-19)13-29-17-6-4-5-16(11-17)23(27)28/h4-12H,13H2,1-3H3,(H,27,28). The largest absolute Gasteiger partial charge is 0.486 e. The number of hydrogen-bond donors (Lipinski definition) is 1. The molecule has 0 fully saturated rings. The molecule has 1 N–H and O–H groups in total. The van der Waals surface area contributed by atoms with E-state index in [1.54, 1.807) is 12.1 Å². The normalized spacial score (nSPS) is 10.9. The zero-order valence-electron chi connectivity index (χ0n) is 16.9. The van der Waals surface area contributed by atoms with Crippen LogP contribution in [-0.4, -0.2) is 25.6 Å². The Bertz CT molecular complexity index is 1250. The fraction of sp³-hybridized carbons (Fsp3) is 0.174. The Morgan fingerprint density at radius 2 is 1.87 bits per heavy atom. The van der Waals surface area contributed by atoms with Gasteiger partial charge in [0, 0.05) is 24.4 Å². The van der Waals surface area contributed by atoms with E-state index in [9.17, 15) is 4.79 Å². The molecule has 152 valence electrons. The van der Waals surface area contributed by atoms with Crippen molar-refractivity contribution in [1.82, 2.24) is 14.5 Å². The van der Waals surface area contributed by atoms with Crippen molar-refractivity contribution in [3.05, 3.63) is 77.2 Å². The molecule has 0 saturated heterocycles. The highest BCUT2D eigenvalue weighted by Crippen LogP contribution is 2.27. The van der Waals surface area contributed by atoms with Gasteiger partial charge >= 0.3 is 5.97 Å². The van der Waals surface area contributed by atoms with Crippen LogP contribution in [0.5, 0.6) is 17.4 Å². The van der Waals surface area contributed by atoms with Crippen LogP contribution in [0.3, 0.4) is 0 Å². The Balaban J connectivity index is 1.56. The summed E-state index contributed by atoms with van der Waals surface area (Å²) < 4.78 is 13.7. The third-order valence-electron chi connectivity index (χ3n) is 4.80. The zero-order valence-corrected chi connectivity index (χ0v) is 16.9. The third-order valence-corrected chi connectivity index (χ3v) is 4.80. The number of carbonyl (C=O) groups is 1. The molecule has 4 rings (SSSR count). The van der Waals surface area contributed by atoms with Gasteiger partial charge in [-0.3, -0.25) is 0 Å². The number of pyridine rings is 1. The van der Waals surface area contributed by atoms with Gasteiger partial charge < -0.3 is 19.1 Å². The number of nitrogens with zero attached hydrogens (tertiary/aromatic N) is 3. The number of aryl methyl sites for hydroxylation is 3. The van der Waals surface area contributed by atoms with Crippen LogP contribution in [0.25, 0.3) is 11.0 Å². The lowest BCUT2D eigenvalue weighted by atomic mass is 10.2. The van der Waals surface area contributed by atoms with Crippen molar-refractivity contribution in [2.75, 3.05) is 0 Å². The molecule has 30 heavy (non-hydrogen) atoms. The molecule has 2 heterocycles. The summed E-state index contributed by atoms with van der Waals surface area (Å²) in [6, 6.07) is 16.0. The maximum atomic E-state index is 11.1. The molecule has 0 unspecified atom stereocenters. The summed E-state index contributed by atoms with van der Waals surface area (Å²) in [5.74, 6) is 1.46. The van der Waals surface area contributed by atoms with Crippen molar-refractivity contribution in [3.8, 4) is 17.4 Å². The van der Waals surface area contributed by atoms with Gasteiger partial charge in [-0.1, -0.05) is 12.1 Å². The summed E-state index contributed by atoms with van der Waals surface area (Å²) in [7, 11) is 1.90. The van der Waals surface area contributed by atoms with E-state index in [2.05, 4.69) is 9.97 Å². The number of aromatic carboxylic acids is 1. The molecule has 0 atom stereocenters. The van der Waals surface area contributed by atoms with Crippen LogP contribution in [0.15, 0.2) is 54.6 Å². The van der Waals surface area contributed by atoms with E-state index in [-0.39, 0.29) is 12.2 Å². The number of carboxylic acids is 1. The number of hydrogen-bond acceptors (Lipinski definition) is 5. The first kappa shape index (κ1) is 19.4. The van der Waals surface area contributed by atoms with Crippen molar-refractivity contribution >= 4 is 17.0 Å². The summed E-state index contributed by atoms with van der Waals surface area (Å²) in [5.41, 5.74) is 3.75. The van der Waals surface area contributed by atoms with Crippen molar-refractivity contribution in [2.24, 2.45) is 7.05 Å². The van der Waals surface area contributed by atoms with Crippen molar-refractivity contribution in [3.63, 3.8) is 0 Å². The van der Waals surface area contributed by atoms with E-state index in [0.717, 1.165) is 22.3 Å². The Morgan fingerprint density at radius 1 is 1.03 bits per heavy atom. The van der Waals surface area contributed by atoms with Crippen molar-refractivity contribution < 1.29 is 19.4 Å². The van der Waals surface area contributed by atoms with Crippen LogP contribution in [0.4, 0.5) is 0 Å². The Morgan fingerprint density at radius 3 is 2.67 bits per heavy atom. The van der Waals surface area contributed by atoms with Crippen LogP contribution in [0, 0.1) is 13.8 Å². The smallest absolute Gasteiger partial charge is 0.335 e. The molecule has 0 aliphatic carbocycles. The van der Waals surface area contributed by atoms with Crippen LogP contribution >= 0.6 is 0 Å². The van der Waals surface area contributed by atoms with Gasteiger partial charge in [-0.2, -0.15) is 0 Å². The number of benzene rings is 2. The molecular formula is C23H21N3O4. The van der Waals surface area contributed by atoms with Crippen LogP contribution < -0.4 is 9.47 Å². The van der Waals surface area contributed by atoms with E-state index in [0.29, 0.717) is 23.2 Å². The lowest BCUT2D eigenvalue weighted by molar-refractivity contribution is 0.0696. The molecule has 0 amide bonds. The summed E-state index contributed by atoms with van der Waals surface area (Å²) in [6.45, 7) is 4.09. The average Bonchev–Trinajstić information content (AvgIpc) is 3.05. The van der Waals surface area contributed by atoms with Crippen molar-refractivity contribution in [1.29, 1.82) is 0 Å². The minimum atomic E-state index is -0.992.